The van der Waals surface area contributed by atoms with E-state index in [1.165, 1.54) is 0 Å². The Kier molecular flexibility index (Phi) is 13.8. The number of carbonyl (C=O) groups is 3. The van der Waals surface area contributed by atoms with Crippen LogP contribution in [-0.4, -0.2) is 67.1 Å². The molecule has 0 spiro atoms. The van der Waals surface area contributed by atoms with Crippen molar-refractivity contribution >= 4 is 46.6 Å². The molecular weight excluding hydrogens is 786 g/mol. The summed E-state index contributed by atoms with van der Waals surface area (Å²) in [5.74, 6) is -1.74. The van der Waals surface area contributed by atoms with Crippen molar-refractivity contribution < 1.29 is 38.1 Å². The van der Waals surface area contributed by atoms with Crippen LogP contribution in [0, 0.1) is 11.8 Å². The third kappa shape index (κ3) is 8.70. The summed E-state index contributed by atoms with van der Waals surface area (Å²) in [4.78, 5) is 51.3. The number of halogens is 1. The summed E-state index contributed by atoms with van der Waals surface area (Å²) in [5, 5.41) is 0.148. The quantitative estimate of drug-likeness (QED) is 0.0518. The Labute approximate surface area is 354 Å². The van der Waals surface area contributed by atoms with Crippen LogP contribution in [0.5, 0.6) is 0 Å². The summed E-state index contributed by atoms with van der Waals surface area (Å²) in [6.45, 7) is 15.7. The highest BCUT2D eigenvalue weighted by Gasteiger charge is 2.59. The summed E-state index contributed by atoms with van der Waals surface area (Å²) in [6, 6.07) is 26.3. The molecular formula is C46H50ClN5O8. The number of esters is 3. The fourth-order valence-corrected chi connectivity index (χ4v) is 8.22. The van der Waals surface area contributed by atoms with Gasteiger partial charge in [0.1, 0.15) is 5.52 Å². The first-order chi connectivity index (χ1) is 28.9. The summed E-state index contributed by atoms with van der Waals surface area (Å²) in [5.41, 5.74) is 5.74. The topological polar surface area (TPSA) is 167 Å². The minimum absolute atomic E-state index is 0.0212. The van der Waals surface area contributed by atoms with E-state index in [-0.39, 0.29) is 35.1 Å². The number of carbonyl (C=O) groups excluding carboxylic acids is 3. The highest BCUT2D eigenvalue weighted by atomic mass is 35.5. The fourth-order valence-electron chi connectivity index (χ4n) is 8.00. The van der Waals surface area contributed by atoms with Gasteiger partial charge in [-0.2, -0.15) is 9.97 Å². The molecule has 0 radical (unpaired) electrons. The van der Waals surface area contributed by atoms with Crippen LogP contribution in [0.1, 0.15) is 90.7 Å². The molecule has 0 amide bonds. The molecule has 2 aromatic heterocycles. The number of hydrogen-bond donors (Lipinski definition) is 1. The van der Waals surface area contributed by atoms with E-state index >= 15 is 0 Å². The fraction of sp³-hybridized carbons (Fsp3) is 0.348. The second kappa shape index (κ2) is 19.0. The molecule has 2 aliphatic rings. The van der Waals surface area contributed by atoms with Crippen LogP contribution in [-0.2, 0) is 23.7 Å². The van der Waals surface area contributed by atoms with E-state index in [9.17, 15) is 14.4 Å². The molecule has 4 heterocycles. The van der Waals surface area contributed by atoms with Gasteiger partial charge in [0.05, 0.1) is 35.2 Å². The van der Waals surface area contributed by atoms with Gasteiger partial charge in [0.2, 0.25) is 12.2 Å². The molecule has 2 N–H and O–H groups in total. The molecule has 3 aromatic carbocycles. The van der Waals surface area contributed by atoms with Crippen molar-refractivity contribution in [3.63, 3.8) is 0 Å². The number of ether oxygens (including phenoxy) is 5. The maximum absolute atomic E-state index is 13.1. The first-order valence-corrected chi connectivity index (χ1v) is 20.3. The van der Waals surface area contributed by atoms with Crippen LogP contribution in [0.4, 0.5) is 5.95 Å². The molecule has 314 valence electrons. The van der Waals surface area contributed by atoms with Crippen LogP contribution >= 0.6 is 11.6 Å². The minimum atomic E-state index is -1.15. The Morgan fingerprint density at radius 1 is 0.750 bits per heavy atom. The zero-order valence-electron chi connectivity index (χ0n) is 34.1. The highest BCUT2D eigenvalue weighted by molar-refractivity contribution is 6.33. The van der Waals surface area contributed by atoms with E-state index in [0.29, 0.717) is 47.1 Å². The lowest BCUT2D eigenvalue weighted by Gasteiger charge is -2.36. The van der Waals surface area contributed by atoms with Gasteiger partial charge in [-0.25, -0.2) is 19.4 Å². The Morgan fingerprint density at radius 3 is 1.73 bits per heavy atom. The third-order valence-electron chi connectivity index (χ3n) is 11.3. The number of rotatable bonds is 13. The molecule has 2 aliphatic heterocycles. The number of benzene rings is 3. The van der Waals surface area contributed by atoms with Gasteiger partial charge in [-0.15, -0.1) is 13.2 Å². The summed E-state index contributed by atoms with van der Waals surface area (Å²) in [7, 11) is 0. The van der Waals surface area contributed by atoms with E-state index in [0.717, 1.165) is 6.42 Å². The van der Waals surface area contributed by atoms with Gasteiger partial charge in [-0.1, -0.05) is 106 Å². The first kappa shape index (κ1) is 43.7. The number of aromatic nitrogens is 4. The van der Waals surface area contributed by atoms with Gasteiger partial charge < -0.3 is 29.4 Å². The van der Waals surface area contributed by atoms with Gasteiger partial charge >= 0.3 is 17.9 Å². The molecule has 0 bridgehead atoms. The van der Waals surface area contributed by atoms with Crippen molar-refractivity contribution in [3.05, 3.63) is 144 Å². The van der Waals surface area contributed by atoms with Gasteiger partial charge in [-0.05, 0) is 49.2 Å². The number of imidazole rings is 1. The zero-order chi connectivity index (χ0) is 43.0. The second-order valence-corrected chi connectivity index (χ2v) is 15.2. The predicted octanol–water partition coefficient (Wildman–Crippen LogP) is 8.96. The Morgan fingerprint density at radius 2 is 1.22 bits per heavy atom. The average Bonchev–Trinajstić information content (AvgIpc) is 3.88. The molecule has 5 aromatic rings. The van der Waals surface area contributed by atoms with E-state index in [1.54, 1.807) is 95.8 Å². The maximum Gasteiger partial charge on any atom is 0.340 e. The van der Waals surface area contributed by atoms with Crippen molar-refractivity contribution in [2.45, 2.75) is 89.3 Å². The number of nitrogen functional groups attached to an aromatic ring is 1. The number of anilines is 1. The minimum Gasteiger partial charge on any atom is -0.450 e. The molecule has 60 heavy (non-hydrogen) atoms. The van der Waals surface area contributed by atoms with Crippen LogP contribution in [0.25, 0.3) is 11.2 Å². The average molecular weight is 836 g/mol. The van der Waals surface area contributed by atoms with Crippen molar-refractivity contribution in [2.24, 2.45) is 11.8 Å². The molecule has 7 rings (SSSR count). The van der Waals surface area contributed by atoms with Gasteiger partial charge in [0, 0.05) is 24.7 Å². The number of nitrogens with zero attached hydrogens (tertiary/aromatic N) is 4. The summed E-state index contributed by atoms with van der Waals surface area (Å²) >= 11 is 6.21. The van der Waals surface area contributed by atoms with Crippen molar-refractivity contribution in [2.75, 3.05) is 5.73 Å². The summed E-state index contributed by atoms with van der Waals surface area (Å²) in [6.07, 6.45) is 4.98. The van der Waals surface area contributed by atoms with E-state index in [2.05, 4.69) is 28.1 Å². The van der Waals surface area contributed by atoms with Crippen molar-refractivity contribution in [3.8, 4) is 0 Å². The van der Waals surface area contributed by atoms with Crippen molar-refractivity contribution in [1.82, 2.24) is 19.5 Å². The van der Waals surface area contributed by atoms with Crippen molar-refractivity contribution in [1.29, 1.82) is 0 Å². The SMILES string of the molecule is C=CC[C@]1(OC(=O)c2ccccc2)C(OC(=O)c2ccccc2)OC(CC)[C@H]1C.C=CC[C@]1(OC(=O)c2ccccc2)C(n2cnc3c(Cl)nc(N)nc32)OC(CC)[C@H]1C. The number of nitrogens with two attached hydrogens (primary N) is 1. The Bertz CT molecular complexity index is 2290. The molecule has 2 saturated heterocycles. The smallest absolute Gasteiger partial charge is 0.340 e. The van der Waals surface area contributed by atoms with Crippen LogP contribution in [0.3, 0.4) is 0 Å². The van der Waals surface area contributed by atoms with Gasteiger partial charge in [0.15, 0.2) is 28.2 Å². The highest BCUT2D eigenvalue weighted by Crippen LogP contribution is 2.50. The molecule has 2 fully saturated rings. The third-order valence-corrected chi connectivity index (χ3v) is 11.5. The largest absolute Gasteiger partial charge is 0.450 e. The van der Waals surface area contributed by atoms with E-state index in [4.69, 9.17) is 41.0 Å². The van der Waals surface area contributed by atoms with E-state index in [1.807, 2.05) is 45.9 Å². The maximum atomic E-state index is 13.1. The lowest BCUT2D eigenvalue weighted by atomic mass is 9.82. The standard InChI is InChI=1S/C24H26O5.C22H24ClN5O3/c1-4-16-24(29-22(26)19-14-10-7-11-15-19)17(3)20(5-2)27-23(24)28-21(25)18-12-8-6-9-13-18;1-4-11-22(31-19(29)14-9-7-6-8-10-14)13(3)15(5-2)30-20(22)28-12-25-16-17(23)26-21(24)27-18(16)28/h4,6-15,17,20,23H,1,5,16H2,2-3H3;4,6-10,12-13,15,20H,1,5,11H2,2-3H3,(H2,24,26,27)/t17-,20?,23?,24-;13-,15?,20?,22-/m11/s1. The molecule has 0 saturated carbocycles. The predicted molar refractivity (Wildman–Crippen MR) is 227 cm³/mol. The zero-order valence-corrected chi connectivity index (χ0v) is 34.9. The Hall–Kier alpha value is -5.89. The van der Waals surface area contributed by atoms with Crippen LogP contribution in [0.15, 0.2) is 123 Å². The molecule has 8 atom stereocenters. The number of fused-ring (bicyclic) bond motifs is 1. The van der Waals surface area contributed by atoms with Gasteiger partial charge in [0.25, 0.3) is 0 Å². The first-order valence-electron chi connectivity index (χ1n) is 19.9. The van der Waals surface area contributed by atoms with Crippen LogP contribution in [0.2, 0.25) is 5.15 Å². The molecule has 13 nitrogen and oxygen atoms in total. The normalized spacial score (nSPS) is 25.8. The molecule has 4 unspecified atom stereocenters. The Balaban J connectivity index is 0.000000202. The molecule has 0 aliphatic carbocycles. The number of hydrogen-bond acceptors (Lipinski definition) is 12. The second-order valence-electron chi connectivity index (χ2n) is 14.8. The molecule has 14 heteroatoms. The lowest BCUT2D eigenvalue weighted by Crippen LogP contribution is -2.49. The lowest BCUT2D eigenvalue weighted by molar-refractivity contribution is -0.175. The van der Waals surface area contributed by atoms with Gasteiger partial charge in [-0.3, -0.25) is 4.57 Å². The van der Waals surface area contributed by atoms with E-state index < -0.39 is 41.6 Å². The monoisotopic (exact) mass is 835 g/mol. The summed E-state index contributed by atoms with van der Waals surface area (Å²) < 4.78 is 32.1. The van der Waals surface area contributed by atoms with Crippen LogP contribution < -0.4 is 5.73 Å².